The number of nitrogens with zero attached hydrogens (tertiary/aromatic N) is 2. The Labute approximate surface area is 125 Å². The number of amides is 2. The van der Waals surface area contributed by atoms with Crippen molar-refractivity contribution in [3.8, 4) is 0 Å². The molecule has 8 heteroatoms. The summed E-state index contributed by atoms with van der Waals surface area (Å²) in [5.41, 5.74) is 5.13. The molecule has 1 saturated heterocycles. The number of rotatable bonds is 3. The van der Waals surface area contributed by atoms with Crippen LogP contribution >= 0.6 is 11.6 Å². The molecule has 21 heavy (non-hydrogen) atoms. The van der Waals surface area contributed by atoms with E-state index in [9.17, 15) is 19.7 Å². The van der Waals surface area contributed by atoms with Crippen LogP contribution in [0.4, 0.5) is 5.69 Å². The van der Waals surface area contributed by atoms with Gasteiger partial charge in [-0.2, -0.15) is 0 Å². The van der Waals surface area contributed by atoms with Crippen molar-refractivity contribution in [2.24, 2.45) is 11.7 Å². The zero-order valence-electron chi connectivity index (χ0n) is 11.1. The fraction of sp³-hybridized carbons (Fsp3) is 0.385. The maximum Gasteiger partial charge on any atom is 0.288 e. The molecule has 1 aliphatic heterocycles. The summed E-state index contributed by atoms with van der Waals surface area (Å²) < 4.78 is 0. The van der Waals surface area contributed by atoms with Gasteiger partial charge in [-0.25, -0.2) is 0 Å². The summed E-state index contributed by atoms with van der Waals surface area (Å²) in [6.45, 7) is 0.740. The van der Waals surface area contributed by atoms with Gasteiger partial charge >= 0.3 is 0 Å². The van der Waals surface area contributed by atoms with E-state index < -0.39 is 10.8 Å². The number of nitro groups is 1. The summed E-state index contributed by atoms with van der Waals surface area (Å²) in [6.07, 6.45) is 1.33. The van der Waals surface area contributed by atoms with Crippen LogP contribution in [-0.4, -0.2) is 34.7 Å². The molecule has 7 nitrogen and oxygen atoms in total. The lowest BCUT2D eigenvalue weighted by Crippen LogP contribution is -2.44. The van der Waals surface area contributed by atoms with Gasteiger partial charge in [0.2, 0.25) is 5.91 Å². The second kappa shape index (κ2) is 6.09. The maximum atomic E-state index is 12.4. The zero-order chi connectivity index (χ0) is 15.6. The summed E-state index contributed by atoms with van der Waals surface area (Å²) in [5, 5.41) is 10.8. The molecule has 0 saturated carbocycles. The number of nitro benzene ring substituents is 1. The van der Waals surface area contributed by atoms with E-state index in [-0.39, 0.29) is 34.6 Å². The summed E-state index contributed by atoms with van der Waals surface area (Å²) in [6, 6.07) is 3.91. The lowest BCUT2D eigenvalue weighted by atomic mass is 9.97. The highest BCUT2D eigenvalue weighted by Crippen LogP contribution is 2.26. The van der Waals surface area contributed by atoms with Gasteiger partial charge in [-0.05, 0) is 25.0 Å². The number of likely N-dealkylation sites (tertiary alicyclic amines) is 1. The monoisotopic (exact) mass is 311 g/mol. The standard InChI is InChI=1S/C13H14ClN3O4/c14-10-4-3-8(6-11(10)17(20)21)13(19)16-5-1-2-9(7-16)12(15)18/h3-4,6,9H,1-2,5,7H2,(H2,15,18). The second-order valence-corrected chi connectivity index (χ2v) is 5.32. The molecule has 1 aromatic rings. The third kappa shape index (κ3) is 3.30. The highest BCUT2D eigenvalue weighted by molar-refractivity contribution is 6.32. The van der Waals surface area contributed by atoms with Crippen LogP contribution in [0.2, 0.25) is 5.02 Å². The molecule has 112 valence electrons. The molecule has 2 N–H and O–H groups in total. The molecule has 1 aromatic carbocycles. The molecule has 1 atom stereocenters. The van der Waals surface area contributed by atoms with E-state index >= 15 is 0 Å². The van der Waals surface area contributed by atoms with Gasteiger partial charge in [0.1, 0.15) is 5.02 Å². The Kier molecular flexibility index (Phi) is 4.42. The number of hydrogen-bond donors (Lipinski definition) is 1. The van der Waals surface area contributed by atoms with Crippen molar-refractivity contribution in [3.05, 3.63) is 38.9 Å². The predicted octanol–water partition coefficient (Wildman–Crippen LogP) is 1.59. The van der Waals surface area contributed by atoms with Gasteiger partial charge in [-0.1, -0.05) is 11.6 Å². The van der Waals surface area contributed by atoms with E-state index in [0.29, 0.717) is 19.4 Å². The van der Waals surface area contributed by atoms with Crippen LogP contribution in [0.5, 0.6) is 0 Å². The first kappa shape index (κ1) is 15.2. The maximum absolute atomic E-state index is 12.4. The number of hydrogen-bond acceptors (Lipinski definition) is 4. The molecule has 0 aliphatic carbocycles. The zero-order valence-corrected chi connectivity index (χ0v) is 11.9. The molecule has 1 aliphatic rings. The largest absolute Gasteiger partial charge is 0.369 e. The molecule has 1 unspecified atom stereocenters. The van der Waals surface area contributed by atoms with E-state index in [0.717, 1.165) is 6.07 Å². The number of halogens is 1. The van der Waals surface area contributed by atoms with Crippen LogP contribution in [0.1, 0.15) is 23.2 Å². The first-order chi connectivity index (χ1) is 9.90. The Bertz CT molecular complexity index is 605. The number of primary amides is 1. The summed E-state index contributed by atoms with van der Waals surface area (Å²) >= 11 is 5.72. The summed E-state index contributed by atoms with van der Waals surface area (Å²) in [7, 11) is 0. The number of nitrogens with two attached hydrogens (primary N) is 1. The Morgan fingerprint density at radius 2 is 2.14 bits per heavy atom. The average molecular weight is 312 g/mol. The minimum atomic E-state index is -0.637. The highest BCUT2D eigenvalue weighted by atomic mass is 35.5. The minimum Gasteiger partial charge on any atom is -0.369 e. The lowest BCUT2D eigenvalue weighted by molar-refractivity contribution is -0.384. The fourth-order valence-electron chi connectivity index (χ4n) is 2.36. The summed E-state index contributed by atoms with van der Waals surface area (Å²) in [5.74, 6) is -1.17. The van der Waals surface area contributed by atoms with E-state index in [1.807, 2.05) is 0 Å². The number of piperidine rings is 1. The quantitative estimate of drug-likeness (QED) is 0.675. The van der Waals surface area contributed by atoms with Crippen molar-refractivity contribution < 1.29 is 14.5 Å². The van der Waals surface area contributed by atoms with Gasteiger partial charge < -0.3 is 10.6 Å². The molecular weight excluding hydrogens is 298 g/mol. The van der Waals surface area contributed by atoms with Crippen molar-refractivity contribution in [2.45, 2.75) is 12.8 Å². The molecule has 1 heterocycles. The fourth-order valence-corrected chi connectivity index (χ4v) is 2.55. The first-order valence-electron chi connectivity index (χ1n) is 6.42. The Morgan fingerprint density at radius 3 is 2.76 bits per heavy atom. The Balaban J connectivity index is 2.22. The van der Waals surface area contributed by atoms with Gasteiger partial charge in [0.25, 0.3) is 11.6 Å². The van der Waals surface area contributed by atoms with Crippen molar-refractivity contribution in [1.82, 2.24) is 4.90 Å². The topological polar surface area (TPSA) is 107 Å². The van der Waals surface area contributed by atoms with Crippen molar-refractivity contribution >= 4 is 29.1 Å². The van der Waals surface area contributed by atoms with Crippen LogP contribution in [0.3, 0.4) is 0 Å². The summed E-state index contributed by atoms with van der Waals surface area (Å²) in [4.78, 5) is 35.3. The molecular formula is C13H14ClN3O4. The predicted molar refractivity (Wildman–Crippen MR) is 75.9 cm³/mol. The molecule has 1 fully saturated rings. The average Bonchev–Trinajstić information content (AvgIpc) is 2.46. The van der Waals surface area contributed by atoms with Crippen LogP contribution in [-0.2, 0) is 4.79 Å². The van der Waals surface area contributed by atoms with Crippen molar-refractivity contribution in [3.63, 3.8) is 0 Å². The number of carbonyl (C=O) groups is 2. The van der Waals surface area contributed by atoms with E-state index in [1.165, 1.54) is 17.0 Å². The molecule has 0 bridgehead atoms. The number of carbonyl (C=O) groups excluding carboxylic acids is 2. The second-order valence-electron chi connectivity index (χ2n) is 4.92. The van der Waals surface area contributed by atoms with Crippen LogP contribution in [0.15, 0.2) is 18.2 Å². The molecule has 2 rings (SSSR count). The SMILES string of the molecule is NC(=O)C1CCCN(C(=O)c2ccc(Cl)c([N+](=O)[O-])c2)C1. The first-order valence-corrected chi connectivity index (χ1v) is 6.80. The normalized spacial score (nSPS) is 18.3. The third-order valence-electron chi connectivity index (χ3n) is 3.50. The van der Waals surface area contributed by atoms with E-state index in [2.05, 4.69) is 0 Å². The molecule has 0 radical (unpaired) electrons. The van der Waals surface area contributed by atoms with Crippen LogP contribution in [0, 0.1) is 16.0 Å². The van der Waals surface area contributed by atoms with Gasteiger partial charge in [-0.15, -0.1) is 0 Å². The van der Waals surface area contributed by atoms with Gasteiger partial charge in [-0.3, -0.25) is 19.7 Å². The highest BCUT2D eigenvalue weighted by Gasteiger charge is 2.28. The van der Waals surface area contributed by atoms with E-state index in [4.69, 9.17) is 17.3 Å². The lowest BCUT2D eigenvalue weighted by Gasteiger charge is -2.31. The Hall–Kier alpha value is -2.15. The van der Waals surface area contributed by atoms with Gasteiger partial charge in [0, 0.05) is 24.7 Å². The van der Waals surface area contributed by atoms with E-state index in [1.54, 1.807) is 0 Å². The van der Waals surface area contributed by atoms with Crippen LogP contribution < -0.4 is 5.73 Å². The third-order valence-corrected chi connectivity index (χ3v) is 3.82. The van der Waals surface area contributed by atoms with Gasteiger partial charge in [0.15, 0.2) is 0 Å². The van der Waals surface area contributed by atoms with Gasteiger partial charge in [0.05, 0.1) is 10.8 Å². The minimum absolute atomic E-state index is 0.0230. The number of benzene rings is 1. The Morgan fingerprint density at radius 1 is 1.43 bits per heavy atom. The smallest absolute Gasteiger partial charge is 0.288 e. The van der Waals surface area contributed by atoms with Crippen molar-refractivity contribution in [2.75, 3.05) is 13.1 Å². The van der Waals surface area contributed by atoms with Crippen molar-refractivity contribution in [1.29, 1.82) is 0 Å². The molecule has 0 aromatic heterocycles. The molecule has 2 amide bonds. The molecule has 0 spiro atoms. The van der Waals surface area contributed by atoms with Crippen LogP contribution in [0.25, 0.3) is 0 Å².